The number of fused-ring (bicyclic) bond motifs is 2. The van der Waals surface area contributed by atoms with Crippen LogP contribution in [0.2, 0.25) is 0 Å². The van der Waals surface area contributed by atoms with Crippen molar-refractivity contribution in [3.8, 4) is 0 Å². The summed E-state index contributed by atoms with van der Waals surface area (Å²) < 4.78 is 8.78. The Morgan fingerprint density at radius 3 is 2.72 bits per heavy atom. The monoisotopic (exact) mass is 425 g/mol. The molecule has 0 atom stereocenters. The van der Waals surface area contributed by atoms with Crippen LogP contribution in [0, 0.1) is 13.8 Å². The van der Waals surface area contributed by atoms with Crippen LogP contribution in [0.4, 0.5) is 0 Å². The minimum atomic E-state index is -0.356. The van der Waals surface area contributed by atoms with Gasteiger partial charge in [-0.3, -0.25) is 9.59 Å². The molecule has 29 heavy (non-hydrogen) atoms. The van der Waals surface area contributed by atoms with E-state index in [2.05, 4.69) is 16.0 Å². The standard InChI is InChI=1S/C21H19N3O3S2/c1-4-27-19(25)10-24-16-7-12(2)13(3)8-18(16)29-21(24)23-20(26)14-5-6-15-17(9-14)28-11-22-15/h5-9,11H,4,10H2,1-3H3. The smallest absolute Gasteiger partial charge is 0.326 e. The van der Waals surface area contributed by atoms with Crippen molar-refractivity contribution in [3.63, 3.8) is 0 Å². The number of amides is 1. The van der Waals surface area contributed by atoms with Crippen molar-refractivity contribution >= 4 is 55.0 Å². The maximum atomic E-state index is 12.8. The summed E-state index contributed by atoms with van der Waals surface area (Å²) >= 11 is 2.87. The molecule has 4 aromatic rings. The predicted molar refractivity (Wildman–Crippen MR) is 115 cm³/mol. The second kappa shape index (κ2) is 7.88. The highest BCUT2D eigenvalue weighted by Crippen LogP contribution is 2.23. The van der Waals surface area contributed by atoms with Gasteiger partial charge in [-0.25, -0.2) is 4.98 Å². The summed E-state index contributed by atoms with van der Waals surface area (Å²) in [4.78, 5) is 34.1. The zero-order chi connectivity index (χ0) is 20.5. The number of hydrogen-bond donors (Lipinski definition) is 0. The maximum Gasteiger partial charge on any atom is 0.326 e. The lowest BCUT2D eigenvalue weighted by Crippen LogP contribution is -2.23. The van der Waals surface area contributed by atoms with Crippen LogP contribution in [0.25, 0.3) is 20.4 Å². The molecule has 0 radical (unpaired) electrons. The van der Waals surface area contributed by atoms with Gasteiger partial charge >= 0.3 is 5.97 Å². The fourth-order valence-electron chi connectivity index (χ4n) is 3.03. The van der Waals surface area contributed by atoms with Gasteiger partial charge in [0.05, 0.1) is 32.6 Å². The number of carbonyl (C=O) groups is 2. The van der Waals surface area contributed by atoms with Crippen molar-refractivity contribution in [2.75, 3.05) is 6.61 Å². The molecule has 0 aliphatic carbocycles. The Kier molecular flexibility index (Phi) is 5.29. The molecular weight excluding hydrogens is 406 g/mol. The molecule has 0 saturated heterocycles. The molecule has 2 aromatic carbocycles. The average Bonchev–Trinajstić information content (AvgIpc) is 3.27. The van der Waals surface area contributed by atoms with Crippen LogP contribution in [0.3, 0.4) is 0 Å². The van der Waals surface area contributed by atoms with E-state index in [9.17, 15) is 9.59 Å². The van der Waals surface area contributed by atoms with Crippen molar-refractivity contribution < 1.29 is 14.3 Å². The van der Waals surface area contributed by atoms with Crippen LogP contribution >= 0.6 is 22.7 Å². The van der Waals surface area contributed by atoms with Crippen molar-refractivity contribution in [3.05, 3.63) is 57.3 Å². The van der Waals surface area contributed by atoms with Crippen LogP contribution in [0.5, 0.6) is 0 Å². The van der Waals surface area contributed by atoms with Gasteiger partial charge in [-0.05, 0) is 62.2 Å². The van der Waals surface area contributed by atoms with E-state index in [0.29, 0.717) is 17.0 Å². The Balaban J connectivity index is 1.83. The highest BCUT2D eigenvalue weighted by atomic mass is 32.1. The molecule has 0 aliphatic heterocycles. The second-order valence-electron chi connectivity index (χ2n) is 6.63. The molecular formula is C21H19N3O3S2. The van der Waals surface area contributed by atoms with Gasteiger partial charge in [-0.2, -0.15) is 4.99 Å². The van der Waals surface area contributed by atoms with E-state index in [1.165, 1.54) is 22.7 Å². The van der Waals surface area contributed by atoms with Gasteiger partial charge in [0.15, 0.2) is 4.80 Å². The molecule has 0 unspecified atom stereocenters. The van der Waals surface area contributed by atoms with Gasteiger partial charge in [-0.15, -0.1) is 11.3 Å². The minimum absolute atomic E-state index is 0.0103. The molecule has 2 heterocycles. The number of nitrogens with zero attached hydrogens (tertiary/aromatic N) is 3. The van der Waals surface area contributed by atoms with Gasteiger partial charge in [0.1, 0.15) is 6.54 Å². The zero-order valence-electron chi connectivity index (χ0n) is 16.3. The molecule has 1 amide bonds. The third-order valence-corrected chi connectivity index (χ3v) is 6.50. The Morgan fingerprint density at radius 2 is 1.93 bits per heavy atom. The number of hydrogen-bond acceptors (Lipinski definition) is 6. The number of aryl methyl sites for hydroxylation is 2. The van der Waals surface area contributed by atoms with Gasteiger partial charge in [-0.1, -0.05) is 11.3 Å². The molecule has 0 bridgehead atoms. The number of carbonyl (C=O) groups excluding carboxylic acids is 2. The molecule has 0 spiro atoms. The first-order chi connectivity index (χ1) is 14.0. The second-order valence-corrected chi connectivity index (χ2v) is 8.53. The molecule has 0 fully saturated rings. The lowest BCUT2D eigenvalue weighted by molar-refractivity contribution is -0.143. The summed E-state index contributed by atoms with van der Waals surface area (Å²) in [7, 11) is 0. The molecule has 2 aromatic heterocycles. The number of esters is 1. The van der Waals surface area contributed by atoms with E-state index in [0.717, 1.165) is 31.6 Å². The number of aromatic nitrogens is 2. The average molecular weight is 426 g/mol. The SMILES string of the molecule is CCOC(=O)Cn1c(=NC(=O)c2ccc3ncsc3c2)sc2cc(C)c(C)cc21. The van der Waals surface area contributed by atoms with E-state index < -0.39 is 0 Å². The topological polar surface area (TPSA) is 73.6 Å². The Bertz CT molecular complexity index is 1310. The first kappa shape index (κ1) is 19.5. The summed E-state index contributed by atoms with van der Waals surface area (Å²) in [6, 6.07) is 9.43. The molecule has 0 saturated carbocycles. The van der Waals surface area contributed by atoms with E-state index in [1.54, 1.807) is 29.1 Å². The Labute approximate surface area is 175 Å². The summed E-state index contributed by atoms with van der Waals surface area (Å²) in [5, 5.41) is 0. The van der Waals surface area contributed by atoms with Crippen LogP contribution in [0.1, 0.15) is 28.4 Å². The summed E-state index contributed by atoms with van der Waals surface area (Å²) in [6.45, 7) is 6.15. The third-order valence-electron chi connectivity index (χ3n) is 4.67. The van der Waals surface area contributed by atoms with Gasteiger partial charge in [0, 0.05) is 5.56 Å². The van der Waals surface area contributed by atoms with Gasteiger partial charge in [0.2, 0.25) is 0 Å². The largest absolute Gasteiger partial charge is 0.465 e. The van der Waals surface area contributed by atoms with Gasteiger partial charge in [0.25, 0.3) is 5.91 Å². The molecule has 8 heteroatoms. The lowest BCUT2D eigenvalue weighted by atomic mass is 10.1. The summed E-state index contributed by atoms with van der Waals surface area (Å²) in [6.07, 6.45) is 0. The fourth-order valence-corrected chi connectivity index (χ4v) is 4.86. The molecule has 6 nitrogen and oxygen atoms in total. The third kappa shape index (κ3) is 3.86. The predicted octanol–water partition coefficient (Wildman–Crippen LogP) is 4.23. The molecule has 148 valence electrons. The van der Waals surface area contributed by atoms with Crippen molar-refractivity contribution in [1.29, 1.82) is 0 Å². The number of ether oxygens (including phenoxy) is 1. The maximum absolute atomic E-state index is 12.8. The lowest BCUT2D eigenvalue weighted by Gasteiger charge is -2.06. The quantitative estimate of drug-likeness (QED) is 0.459. The van der Waals surface area contributed by atoms with Crippen LogP contribution in [-0.4, -0.2) is 28.0 Å². The van der Waals surface area contributed by atoms with Crippen molar-refractivity contribution in [2.45, 2.75) is 27.3 Å². The molecule has 4 rings (SSSR count). The first-order valence-corrected chi connectivity index (χ1v) is 10.8. The Hall–Kier alpha value is -2.84. The van der Waals surface area contributed by atoms with Crippen molar-refractivity contribution in [1.82, 2.24) is 9.55 Å². The van der Waals surface area contributed by atoms with E-state index in [1.807, 2.05) is 26.0 Å². The highest BCUT2D eigenvalue weighted by molar-refractivity contribution is 7.17. The molecule has 0 N–H and O–H groups in total. The number of benzene rings is 2. The zero-order valence-corrected chi connectivity index (χ0v) is 17.9. The first-order valence-electron chi connectivity index (χ1n) is 9.14. The van der Waals surface area contributed by atoms with Gasteiger partial charge < -0.3 is 9.30 Å². The molecule has 0 aliphatic rings. The summed E-state index contributed by atoms with van der Waals surface area (Å²) in [5.41, 5.74) is 6.23. The minimum Gasteiger partial charge on any atom is -0.465 e. The van der Waals surface area contributed by atoms with Crippen LogP contribution in [0.15, 0.2) is 40.8 Å². The normalized spacial score (nSPS) is 12.0. The Morgan fingerprint density at radius 1 is 1.14 bits per heavy atom. The van der Waals surface area contributed by atoms with E-state index in [4.69, 9.17) is 4.74 Å². The van der Waals surface area contributed by atoms with Crippen LogP contribution < -0.4 is 4.80 Å². The van der Waals surface area contributed by atoms with Crippen LogP contribution in [-0.2, 0) is 16.1 Å². The summed E-state index contributed by atoms with van der Waals surface area (Å²) in [5.74, 6) is -0.705. The number of rotatable bonds is 4. The number of thiazole rings is 2. The van der Waals surface area contributed by atoms with E-state index in [-0.39, 0.29) is 18.4 Å². The van der Waals surface area contributed by atoms with Crippen molar-refractivity contribution in [2.24, 2.45) is 4.99 Å². The fraction of sp³-hybridized carbons (Fsp3) is 0.238. The highest BCUT2D eigenvalue weighted by Gasteiger charge is 2.14. The van der Waals surface area contributed by atoms with E-state index >= 15 is 0 Å².